The lowest BCUT2D eigenvalue weighted by Gasteiger charge is -2.07. The van der Waals surface area contributed by atoms with Crippen molar-refractivity contribution in [3.8, 4) is 11.8 Å². The molecule has 28 heavy (non-hydrogen) atoms. The largest absolute Gasteiger partial charge is 0.506 e. The van der Waals surface area contributed by atoms with Crippen LogP contribution in [0.3, 0.4) is 0 Å². The van der Waals surface area contributed by atoms with Gasteiger partial charge in [-0.25, -0.2) is 4.79 Å². The fourth-order valence-corrected chi connectivity index (χ4v) is 4.58. The molecule has 0 spiro atoms. The Morgan fingerprint density at radius 1 is 1.32 bits per heavy atom. The molecule has 0 bridgehead atoms. The van der Waals surface area contributed by atoms with Crippen LogP contribution in [-0.2, 0) is 9.53 Å². The van der Waals surface area contributed by atoms with E-state index in [1.165, 1.54) is 17.4 Å². The number of esters is 1. The molecule has 0 saturated carbocycles. The van der Waals surface area contributed by atoms with Crippen LogP contribution < -0.4 is 5.32 Å². The molecule has 0 radical (unpaired) electrons. The van der Waals surface area contributed by atoms with Crippen LogP contribution in [0.1, 0.15) is 33.3 Å². The van der Waals surface area contributed by atoms with E-state index in [0.29, 0.717) is 25.1 Å². The maximum atomic E-state index is 12.6. The topological polar surface area (TPSA) is 99.4 Å². The zero-order chi connectivity index (χ0) is 21.0. The summed E-state index contributed by atoms with van der Waals surface area (Å²) in [7, 11) is 0. The third-order valence-corrected chi connectivity index (χ3v) is 6.14. The van der Waals surface area contributed by atoms with Gasteiger partial charge in [0, 0.05) is 4.88 Å². The van der Waals surface area contributed by atoms with E-state index >= 15 is 0 Å². The predicted octanol–water partition coefficient (Wildman–Crippen LogP) is 5.32. The van der Waals surface area contributed by atoms with E-state index in [1.54, 1.807) is 26.0 Å². The van der Waals surface area contributed by atoms with Gasteiger partial charge in [0.1, 0.15) is 22.4 Å². The Morgan fingerprint density at radius 3 is 2.46 bits per heavy atom. The second-order valence-electron chi connectivity index (χ2n) is 5.66. The molecule has 0 fully saturated rings. The summed E-state index contributed by atoms with van der Waals surface area (Å²) in [4.78, 5) is 25.7. The monoisotopic (exact) mass is 526 g/mol. The van der Waals surface area contributed by atoms with Crippen molar-refractivity contribution in [3.05, 3.63) is 48.2 Å². The highest BCUT2D eigenvalue weighted by atomic mass is 79.9. The summed E-state index contributed by atoms with van der Waals surface area (Å²) in [5.41, 5.74) is 1.41. The van der Waals surface area contributed by atoms with E-state index in [9.17, 15) is 20.0 Å². The summed E-state index contributed by atoms with van der Waals surface area (Å²) >= 11 is 7.66. The highest BCUT2D eigenvalue weighted by molar-refractivity contribution is 9.11. The first-order chi connectivity index (χ1) is 13.2. The number of anilines is 1. The molecule has 2 N–H and O–H groups in total. The molecule has 0 aliphatic rings. The van der Waals surface area contributed by atoms with Crippen molar-refractivity contribution >= 4 is 66.2 Å². The number of phenolic OH excluding ortho intramolecular Hbond substituents is 1. The fourth-order valence-electron chi connectivity index (χ4n) is 2.32. The molecular weight excluding hydrogens is 512 g/mol. The standard InChI is InChI=1S/C19H16Br2N2O4S/c1-4-27-19(26)15-9(2)10(3)28-18(15)23-17(25)12(8-22)5-11-6-13(20)16(24)14(21)7-11/h5-7,24H,4H2,1-3H3,(H,23,25)/b12-5+. The number of carbonyl (C=O) groups excluding carboxylic acids is 2. The molecule has 146 valence electrons. The Morgan fingerprint density at radius 2 is 1.93 bits per heavy atom. The number of phenols is 1. The van der Waals surface area contributed by atoms with Crippen LogP contribution in [0.5, 0.6) is 5.75 Å². The van der Waals surface area contributed by atoms with Crippen molar-refractivity contribution in [1.29, 1.82) is 5.26 Å². The zero-order valence-corrected chi connectivity index (χ0v) is 19.2. The molecule has 6 nitrogen and oxygen atoms in total. The minimum absolute atomic E-state index is 0.0173. The van der Waals surface area contributed by atoms with Gasteiger partial charge in [0.25, 0.3) is 5.91 Å². The quantitative estimate of drug-likeness (QED) is 0.311. The van der Waals surface area contributed by atoms with Gasteiger partial charge in [0.05, 0.1) is 21.1 Å². The number of thiophene rings is 1. The zero-order valence-electron chi connectivity index (χ0n) is 15.2. The molecule has 1 aromatic carbocycles. The van der Waals surface area contributed by atoms with Gasteiger partial charge in [0.15, 0.2) is 0 Å². The smallest absolute Gasteiger partial charge is 0.341 e. The first-order valence-corrected chi connectivity index (χ1v) is 10.5. The Labute approximate surface area is 183 Å². The average molecular weight is 528 g/mol. The third-order valence-electron chi connectivity index (χ3n) is 3.81. The average Bonchev–Trinajstić information content (AvgIpc) is 2.91. The summed E-state index contributed by atoms with van der Waals surface area (Å²) < 4.78 is 5.90. The molecule has 0 aliphatic heterocycles. The molecule has 1 heterocycles. The number of benzene rings is 1. The number of ether oxygens (including phenoxy) is 1. The predicted molar refractivity (Wildman–Crippen MR) is 115 cm³/mol. The Kier molecular flexibility index (Phi) is 7.41. The second kappa shape index (κ2) is 9.37. The number of halogens is 2. The minimum atomic E-state index is -0.644. The van der Waals surface area contributed by atoms with Crippen LogP contribution in [-0.4, -0.2) is 23.6 Å². The van der Waals surface area contributed by atoms with Crippen LogP contribution in [0.25, 0.3) is 6.08 Å². The second-order valence-corrected chi connectivity index (χ2v) is 8.60. The Hall–Kier alpha value is -2.15. The van der Waals surface area contributed by atoms with Gasteiger partial charge in [-0.1, -0.05) is 0 Å². The van der Waals surface area contributed by atoms with E-state index in [2.05, 4.69) is 37.2 Å². The number of hydrogen-bond acceptors (Lipinski definition) is 6. The molecule has 2 rings (SSSR count). The number of nitriles is 1. The van der Waals surface area contributed by atoms with Gasteiger partial charge in [0.2, 0.25) is 0 Å². The Bertz CT molecular complexity index is 999. The van der Waals surface area contributed by atoms with Gasteiger partial charge in [-0.05, 0) is 82.0 Å². The van der Waals surface area contributed by atoms with Gasteiger partial charge in [-0.3, -0.25) is 4.79 Å². The van der Waals surface area contributed by atoms with E-state index in [-0.39, 0.29) is 17.9 Å². The lowest BCUT2D eigenvalue weighted by atomic mass is 10.1. The normalized spacial score (nSPS) is 11.1. The number of rotatable bonds is 5. The van der Waals surface area contributed by atoms with Crippen LogP contribution in [0.15, 0.2) is 26.7 Å². The Balaban J connectivity index is 2.37. The molecule has 0 aliphatic carbocycles. The number of amides is 1. The maximum Gasteiger partial charge on any atom is 0.341 e. The minimum Gasteiger partial charge on any atom is -0.506 e. The summed E-state index contributed by atoms with van der Waals surface area (Å²) in [6.45, 7) is 5.54. The highest BCUT2D eigenvalue weighted by Crippen LogP contribution is 2.35. The summed E-state index contributed by atoms with van der Waals surface area (Å²) in [5, 5.41) is 22.2. The number of carbonyl (C=O) groups is 2. The number of aryl methyl sites for hydroxylation is 1. The van der Waals surface area contributed by atoms with Crippen LogP contribution in [0.4, 0.5) is 5.00 Å². The molecule has 0 atom stereocenters. The molecular formula is C19H16Br2N2O4S. The number of nitrogens with one attached hydrogen (secondary N) is 1. The van der Waals surface area contributed by atoms with Crippen LogP contribution >= 0.6 is 43.2 Å². The lowest BCUT2D eigenvalue weighted by molar-refractivity contribution is -0.112. The molecule has 1 aromatic heterocycles. The maximum absolute atomic E-state index is 12.6. The SMILES string of the molecule is CCOC(=O)c1c(NC(=O)/C(C#N)=C/c2cc(Br)c(O)c(Br)c2)sc(C)c1C. The first-order valence-electron chi connectivity index (χ1n) is 8.07. The van der Waals surface area contributed by atoms with Gasteiger partial charge >= 0.3 is 5.97 Å². The van der Waals surface area contributed by atoms with Crippen molar-refractivity contribution in [3.63, 3.8) is 0 Å². The van der Waals surface area contributed by atoms with Crippen LogP contribution in [0, 0.1) is 25.2 Å². The molecule has 0 saturated heterocycles. The molecule has 2 aromatic rings. The summed E-state index contributed by atoms with van der Waals surface area (Å²) in [5.74, 6) is -1.15. The van der Waals surface area contributed by atoms with Crippen molar-refractivity contribution in [2.75, 3.05) is 11.9 Å². The fraction of sp³-hybridized carbons (Fsp3) is 0.211. The molecule has 0 unspecified atom stereocenters. The molecule has 9 heteroatoms. The summed E-state index contributed by atoms with van der Waals surface area (Å²) in [6, 6.07) is 5.02. The summed E-state index contributed by atoms with van der Waals surface area (Å²) in [6.07, 6.45) is 1.39. The van der Waals surface area contributed by atoms with E-state index in [1.807, 2.05) is 13.0 Å². The number of hydrogen-bond donors (Lipinski definition) is 2. The van der Waals surface area contributed by atoms with Crippen molar-refractivity contribution in [2.45, 2.75) is 20.8 Å². The van der Waals surface area contributed by atoms with Crippen molar-refractivity contribution in [2.24, 2.45) is 0 Å². The highest BCUT2D eigenvalue weighted by Gasteiger charge is 2.23. The lowest BCUT2D eigenvalue weighted by Crippen LogP contribution is -2.16. The van der Waals surface area contributed by atoms with Gasteiger partial charge in [-0.2, -0.15) is 5.26 Å². The van der Waals surface area contributed by atoms with Gasteiger partial charge in [-0.15, -0.1) is 11.3 Å². The molecule has 1 amide bonds. The van der Waals surface area contributed by atoms with Gasteiger partial charge < -0.3 is 15.2 Å². The van der Waals surface area contributed by atoms with Crippen LogP contribution in [0.2, 0.25) is 0 Å². The van der Waals surface area contributed by atoms with E-state index in [0.717, 1.165) is 10.4 Å². The van der Waals surface area contributed by atoms with E-state index in [4.69, 9.17) is 4.74 Å². The number of aromatic hydroxyl groups is 1. The first kappa shape index (κ1) is 22.1. The van der Waals surface area contributed by atoms with Crippen molar-refractivity contribution in [1.82, 2.24) is 0 Å². The number of nitrogens with zero attached hydrogens (tertiary/aromatic N) is 1. The van der Waals surface area contributed by atoms with Crippen molar-refractivity contribution < 1.29 is 19.4 Å². The van der Waals surface area contributed by atoms with E-state index < -0.39 is 11.9 Å². The third kappa shape index (κ3) is 4.82.